The molecule has 4 rings (SSSR count). The molecule has 0 spiro atoms. The summed E-state index contributed by atoms with van der Waals surface area (Å²) in [5.41, 5.74) is 4.16. The summed E-state index contributed by atoms with van der Waals surface area (Å²) in [6, 6.07) is 20.6. The van der Waals surface area contributed by atoms with E-state index in [2.05, 4.69) is 10.3 Å². The normalized spacial score (nSPS) is 10.9. The van der Waals surface area contributed by atoms with Crippen LogP contribution in [0.25, 0.3) is 22.0 Å². The Bertz CT molecular complexity index is 1240. The van der Waals surface area contributed by atoms with Crippen LogP contribution in [-0.2, 0) is 16.1 Å². The van der Waals surface area contributed by atoms with Gasteiger partial charge in [0.1, 0.15) is 5.69 Å². The molecular weight excluding hydrogens is 390 g/mol. The van der Waals surface area contributed by atoms with E-state index >= 15 is 0 Å². The van der Waals surface area contributed by atoms with Gasteiger partial charge in [0, 0.05) is 36.5 Å². The summed E-state index contributed by atoms with van der Waals surface area (Å²) in [7, 11) is 1.61. The average Bonchev–Trinajstić information content (AvgIpc) is 3.14. The Morgan fingerprint density at radius 1 is 1.03 bits per heavy atom. The number of hydrogen-bond donors (Lipinski definition) is 1. The van der Waals surface area contributed by atoms with Gasteiger partial charge in [0.2, 0.25) is 0 Å². The lowest BCUT2D eigenvalue weighted by Crippen LogP contribution is -2.26. The van der Waals surface area contributed by atoms with Crippen LogP contribution in [0, 0.1) is 6.92 Å². The third-order valence-corrected chi connectivity index (χ3v) is 5.22. The molecule has 0 aliphatic rings. The van der Waals surface area contributed by atoms with Gasteiger partial charge in [-0.05, 0) is 42.8 Å². The standard InChI is InChI=1S/C25H23N3O3/c1-17-16-20(18-8-4-3-5-9-18)23(28(17)14-15-31-2)24(29)25(30)27-22-12-6-11-21-19(22)10-7-13-26-21/h3-13,16H,14-15H2,1-2H3,(H,27,30). The molecule has 0 atom stereocenters. The van der Waals surface area contributed by atoms with Crippen molar-refractivity contribution in [2.45, 2.75) is 13.5 Å². The number of methoxy groups -OCH3 is 1. The fraction of sp³-hybridized carbons (Fsp3) is 0.160. The van der Waals surface area contributed by atoms with Gasteiger partial charge in [0.15, 0.2) is 0 Å². The van der Waals surface area contributed by atoms with Crippen molar-refractivity contribution in [3.63, 3.8) is 0 Å². The van der Waals surface area contributed by atoms with Crippen molar-refractivity contribution in [3.05, 3.63) is 84.3 Å². The number of pyridine rings is 1. The maximum absolute atomic E-state index is 13.4. The van der Waals surface area contributed by atoms with Crippen LogP contribution < -0.4 is 5.32 Å². The number of aromatic nitrogens is 2. The molecule has 31 heavy (non-hydrogen) atoms. The maximum Gasteiger partial charge on any atom is 0.298 e. The van der Waals surface area contributed by atoms with E-state index in [4.69, 9.17) is 4.74 Å². The summed E-state index contributed by atoms with van der Waals surface area (Å²) < 4.78 is 7.06. The van der Waals surface area contributed by atoms with Gasteiger partial charge in [-0.15, -0.1) is 0 Å². The van der Waals surface area contributed by atoms with E-state index in [0.717, 1.165) is 27.7 Å². The number of carbonyl (C=O) groups excluding carboxylic acids is 2. The molecule has 0 aliphatic heterocycles. The van der Waals surface area contributed by atoms with Crippen LogP contribution in [0.3, 0.4) is 0 Å². The highest BCUT2D eigenvalue weighted by molar-refractivity contribution is 6.47. The summed E-state index contributed by atoms with van der Waals surface area (Å²) in [6.45, 7) is 2.83. The Labute approximate surface area is 180 Å². The molecule has 156 valence electrons. The van der Waals surface area contributed by atoms with Crippen LogP contribution in [-0.4, -0.2) is 35.0 Å². The molecule has 1 amide bonds. The van der Waals surface area contributed by atoms with Crippen LogP contribution >= 0.6 is 0 Å². The number of hydrogen-bond acceptors (Lipinski definition) is 4. The number of ketones is 1. The zero-order valence-electron chi connectivity index (χ0n) is 17.5. The minimum Gasteiger partial charge on any atom is -0.383 e. The molecule has 0 fully saturated rings. The molecule has 6 heteroatoms. The summed E-state index contributed by atoms with van der Waals surface area (Å²) in [6.07, 6.45) is 1.69. The lowest BCUT2D eigenvalue weighted by Gasteiger charge is -2.13. The first-order chi connectivity index (χ1) is 15.1. The first kappa shape index (κ1) is 20.5. The number of nitrogens with zero attached hydrogens (tertiary/aromatic N) is 2. The van der Waals surface area contributed by atoms with E-state index in [9.17, 15) is 9.59 Å². The Hall–Kier alpha value is -3.77. The van der Waals surface area contributed by atoms with Crippen LogP contribution in [0.5, 0.6) is 0 Å². The molecule has 2 aromatic heterocycles. The van der Waals surface area contributed by atoms with Crippen LogP contribution in [0.4, 0.5) is 5.69 Å². The van der Waals surface area contributed by atoms with Crippen molar-refractivity contribution >= 4 is 28.3 Å². The number of Topliss-reactive ketones (excluding diaryl/α,β-unsaturated/α-hetero) is 1. The van der Waals surface area contributed by atoms with Crippen LogP contribution in [0.1, 0.15) is 16.2 Å². The van der Waals surface area contributed by atoms with Gasteiger partial charge in [-0.3, -0.25) is 14.6 Å². The Morgan fingerprint density at radius 2 is 1.84 bits per heavy atom. The topological polar surface area (TPSA) is 73.2 Å². The van der Waals surface area contributed by atoms with Gasteiger partial charge in [-0.25, -0.2) is 0 Å². The molecule has 1 N–H and O–H groups in total. The molecule has 0 saturated heterocycles. The Morgan fingerprint density at radius 3 is 2.61 bits per heavy atom. The predicted molar refractivity (Wildman–Crippen MR) is 121 cm³/mol. The average molecular weight is 413 g/mol. The van der Waals surface area contributed by atoms with E-state index in [-0.39, 0.29) is 0 Å². The SMILES string of the molecule is COCCn1c(C)cc(-c2ccccc2)c1C(=O)C(=O)Nc1cccc2ncccc12. The summed E-state index contributed by atoms with van der Waals surface area (Å²) in [4.78, 5) is 30.7. The summed E-state index contributed by atoms with van der Waals surface area (Å²) >= 11 is 0. The molecule has 4 aromatic rings. The zero-order valence-corrected chi connectivity index (χ0v) is 17.5. The Kier molecular flexibility index (Phi) is 5.91. The maximum atomic E-state index is 13.4. The van der Waals surface area contributed by atoms with Crippen molar-refractivity contribution < 1.29 is 14.3 Å². The number of carbonyl (C=O) groups is 2. The second kappa shape index (κ2) is 8.93. The van der Waals surface area contributed by atoms with E-state index in [0.29, 0.717) is 24.5 Å². The van der Waals surface area contributed by atoms with Gasteiger partial charge in [-0.1, -0.05) is 36.4 Å². The fourth-order valence-corrected chi connectivity index (χ4v) is 3.73. The molecule has 0 bridgehead atoms. The van der Waals surface area contributed by atoms with E-state index in [1.807, 2.05) is 60.0 Å². The molecule has 2 aromatic carbocycles. The second-order valence-corrected chi connectivity index (χ2v) is 7.22. The minimum absolute atomic E-state index is 0.358. The number of rotatable bonds is 7. The zero-order chi connectivity index (χ0) is 21.8. The van der Waals surface area contributed by atoms with Gasteiger partial charge in [0.25, 0.3) is 11.7 Å². The number of anilines is 1. The second-order valence-electron chi connectivity index (χ2n) is 7.22. The quantitative estimate of drug-likeness (QED) is 0.358. The first-order valence-electron chi connectivity index (χ1n) is 10.0. The molecule has 0 saturated carbocycles. The third kappa shape index (κ3) is 4.11. The highest BCUT2D eigenvalue weighted by Gasteiger charge is 2.26. The van der Waals surface area contributed by atoms with Gasteiger partial charge in [0.05, 0.1) is 17.8 Å². The van der Waals surface area contributed by atoms with E-state index in [1.165, 1.54) is 0 Å². The van der Waals surface area contributed by atoms with Crippen molar-refractivity contribution in [3.8, 4) is 11.1 Å². The summed E-state index contributed by atoms with van der Waals surface area (Å²) in [5.74, 6) is -1.28. The molecular formula is C25H23N3O3. The van der Waals surface area contributed by atoms with Crippen LogP contribution in [0.15, 0.2) is 72.9 Å². The highest BCUT2D eigenvalue weighted by atomic mass is 16.5. The number of fused-ring (bicyclic) bond motifs is 1. The van der Waals surface area contributed by atoms with Crippen molar-refractivity contribution in [1.29, 1.82) is 0 Å². The number of amides is 1. The van der Waals surface area contributed by atoms with Crippen molar-refractivity contribution in [2.24, 2.45) is 0 Å². The summed E-state index contributed by atoms with van der Waals surface area (Å²) in [5, 5.41) is 3.56. The van der Waals surface area contributed by atoms with Gasteiger partial charge >= 0.3 is 0 Å². The lowest BCUT2D eigenvalue weighted by atomic mass is 10.0. The molecule has 6 nitrogen and oxygen atoms in total. The monoisotopic (exact) mass is 413 g/mol. The molecule has 0 unspecified atom stereocenters. The fourth-order valence-electron chi connectivity index (χ4n) is 3.73. The van der Waals surface area contributed by atoms with Gasteiger partial charge < -0.3 is 14.6 Å². The molecule has 0 radical (unpaired) electrons. The Balaban J connectivity index is 1.73. The van der Waals surface area contributed by atoms with E-state index in [1.54, 1.807) is 31.5 Å². The van der Waals surface area contributed by atoms with Gasteiger partial charge in [-0.2, -0.15) is 0 Å². The number of ether oxygens (including phenoxy) is 1. The molecule has 2 heterocycles. The van der Waals surface area contributed by atoms with Crippen molar-refractivity contribution in [1.82, 2.24) is 9.55 Å². The minimum atomic E-state index is -0.690. The number of benzene rings is 2. The smallest absolute Gasteiger partial charge is 0.298 e. The predicted octanol–water partition coefficient (Wildman–Crippen LogP) is 4.48. The van der Waals surface area contributed by atoms with Crippen molar-refractivity contribution in [2.75, 3.05) is 19.0 Å². The lowest BCUT2D eigenvalue weighted by molar-refractivity contribution is -0.112. The molecule has 0 aliphatic carbocycles. The number of nitrogens with one attached hydrogen (secondary N) is 1. The third-order valence-electron chi connectivity index (χ3n) is 5.22. The van der Waals surface area contributed by atoms with E-state index < -0.39 is 11.7 Å². The largest absolute Gasteiger partial charge is 0.383 e. The van der Waals surface area contributed by atoms with Crippen LogP contribution in [0.2, 0.25) is 0 Å². The highest BCUT2D eigenvalue weighted by Crippen LogP contribution is 2.29. The first-order valence-corrected chi connectivity index (χ1v) is 10.0. The number of aryl methyl sites for hydroxylation is 1.